The molecule has 0 aliphatic rings. The molecule has 6 rings (SSSR count). The maximum absolute atomic E-state index is 11.0. The summed E-state index contributed by atoms with van der Waals surface area (Å²) in [4.78, 5) is 10.0. The number of para-hydroxylation sites is 1. The molecule has 0 amide bonds. The van der Waals surface area contributed by atoms with E-state index in [1.807, 2.05) is 24.4 Å². The molecular weight excluding hydrogens is 734 g/mol. The summed E-state index contributed by atoms with van der Waals surface area (Å²) in [5, 5.41) is 11.0. The van der Waals surface area contributed by atoms with E-state index in [2.05, 4.69) is 127 Å². The molecule has 0 atom stereocenters. The summed E-state index contributed by atoms with van der Waals surface area (Å²) in [7, 11) is 0. The van der Waals surface area contributed by atoms with Crippen LogP contribution in [0.1, 0.15) is 63.8 Å². The first-order valence-electron chi connectivity index (χ1n) is 15.2. The van der Waals surface area contributed by atoms with Crippen molar-refractivity contribution in [3.05, 3.63) is 119 Å². The summed E-state index contributed by atoms with van der Waals surface area (Å²) in [6.07, 6.45) is 1.89. The third-order valence-corrected chi connectivity index (χ3v) is 8.22. The predicted octanol–water partition coefficient (Wildman–Crippen LogP) is 10.1. The Kier molecular flexibility index (Phi) is 8.68. The average molecular weight is 774 g/mol. The number of aromatic hydroxyl groups is 1. The molecule has 0 aliphatic carbocycles. The minimum atomic E-state index is -0.115. The Morgan fingerprint density at radius 3 is 2.02 bits per heavy atom. The van der Waals surface area contributed by atoms with Crippen LogP contribution < -0.4 is 0 Å². The van der Waals surface area contributed by atoms with Crippen molar-refractivity contribution >= 4 is 11.0 Å². The summed E-state index contributed by atoms with van der Waals surface area (Å²) in [6.45, 7) is 17.6. The Labute approximate surface area is 281 Å². The molecule has 5 heteroatoms. The summed E-state index contributed by atoms with van der Waals surface area (Å²) in [6, 6.07) is 32.7. The molecule has 0 unspecified atom stereocenters. The molecule has 6 aromatic rings. The van der Waals surface area contributed by atoms with Gasteiger partial charge in [-0.2, -0.15) is 0 Å². The molecule has 0 bridgehead atoms. The Morgan fingerprint density at radius 2 is 1.36 bits per heavy atom. The Balaban J connectivity index is 0.00000400. The molecule has 2 heterocycles. The number of imidazole rings is 1. The van der Waals surface area contributed by atoms with Crippen LogP contribution in [0, 0.1) is 19.9 Å². The Morgan fingerprint density at radius 1 is 0.689 bits per heavy atom. The second-order valence-corrected chi connectivity index (χ2v) is 13.9. The number of hydrogen-bond donors (Lipinski definition) is 1. The van der Waals surface area contributed by atoms with Crippen molar-refractivity contribution in [3.63, 3.8) is 0 Å². The first-order valence-corrected chi connectivity index (χ1v) is 15.2. The molecule has 0 radical (unpaired) electrons. The normalized spacial score (nSPS) is 11.9. The van der Waals surface area contributed by atoms with Gasteiger partial charge in [0.05, 0.1) is 16.6 Å². The smallest absolute Gasteiger partial charge is 0.148 e. The van der Waals surface area contributed by atoms with Crippen molar-refractivity contribution < 1.29 is 26.2 Å². The molecule has 4 aromatic carbocycles. The molecule has 0 fully saturated rings. The molecule has 0 aliphatic heterocycles. The van der Waals surface area contributed by atoms with Crippen LogP contribution in [0.2, 0.25) is 0 Å². The molecule has 232 valence electrons. The van der Waals surface area contributed by atoms with E-state index < -0.39 is 0 Å². The predicted molar refractivity (Wildman–Crippen MR) is 183 cm³/mol. The van der Waals surface area contributed by atoms with Gasteiger partial charge in [0.25, 0.3) is 0 Å². The van der Waals surface area contributed by atoms with Gasteiger partial charge in [-0.05, 0) is 83.3 Å². The molecule has 4 nitrogen and oxygen atoms in total. The molecule has 45 heavy (non-hydrogen) atoms. The van der Waals surface area contributed by atoms with Crippen LogP contribution >= 0.6 is 0 Å². The minimum Gasteiger partial charge on any atom is -0.507 e. The maximum Gasteiger partial charge on any atom is 0.148 e. The van der Waals surface area contributed by atoms with Gasteiger partial charge in [0.2, 0.25) is 0 Å². The van der Waals surface area contributed by atoms with Crippen molar-refractivity contribution in [3.8, 4) is 45.2 Å². The Hall–Kier alpha value is -4.01. The number of pyridine rings is 1. The number of phenols is 1. The second-order valence-electron chi connectivity index (χ2n) is 13.9. The standard InChI is InChI=1S/C40H40N3O.Pt/c1-25-18-26(2)20-31(19-25)43-35-24-30(40(6,7)8)22-33(37(35)42-38(43)32-14-9-10-15-36(32)44)27-12-11-13-28(21-27)34-23-29(16-17-41-34)39(3,4)5;/h9-20,22-24,44H,1-8H3;/q-1;. The molecule has 1 N–H and O–H groups in total. The molecule has 2 aromatic heterocycles. The fourth-order valence-electron chi connectivity index (χ4n) is 5.82. The zero-order valence-corrected chi connectivity index (χ0v) is 29.5. The van der Waals surface area contributed by atoms with E-state index in [-0.39, 0.29) is 37.6 Å². The van der Waals surface area contributed by atoms with Crippen LogP contribution in [0.25, 0.3) is 50.5 Å². The summed E-state index contributed by atoms with van der Waals surface area (Å²) in [5.74, 6) is 0.899. The van der Waals surface area contributed by atoms with Crippen LogP contribution in [0.4, 0.5) is 0 Å². The van der Waals surface area contributed by atoms with Crippen LogP contribution in [-0.2, 0) is 31.9 Å². The van der Waals surface area contributed by atoms with Crippen molar-refractivity contribution in [2.75, 3.05) is 0 Å². The van der Waals surface area contributed by atoms with Crippen LogP contribution in [0.15, 0.2) is 91.1 Å². The molecular formula is C40H40N3OPt-. The number of hydrogen-bond acceptors (Lipinski definition) is 3. The van der Waals surface area contributed by atoms with Gasteiger partial charge in [0.1, 0.15) is 11.6 Å². The topological polar surface area (TPSA) is 50.9 Å². The fourth-order valence-corrected chi connectivity index (χ4v) is 5.82. The number of phenolic OH excluding ortho intramolecular Hbond substituents is 1. The number of benzene rings is 4. The van der Waals surface area contributed by atoms with E-state index >= 15 is 0 Å². The van der Waals surface area contributed by atoms with E-state index in [1.54, 1.807) is 6.07 Å². The minimum absolute atomic E-state index is 0. The van der Waals surface area contributed by atoms with Crippen LogP contribution in [0.3, 0.4) is 0 Å². The van der Waals surface area contributed by atoms with Crippen LogP contribution in [-0.4, -0.2) is 19.6 Å². The van der Waals surface area contributed by atoms with E-state index in [0.29, 0.717) is 11.4 Å². The zero-order valence-electron chi connectivity index (χ0n) is 27.3. The zero-order chi connectivity index (χ0) is 31.4. The number of nitrogens with zero attached hydrogens (tertiary/aromatic N) is 3. The van der Waals surface area contributed by atoms with E-state index in [0.717, 1.165) is 39.1 Å². The molecule has 0 saturated carbocycles. The van der Waals surface area contributed by atoms with Crippen LogP contribution in [0.5, 0.6) is 5.75 Å². The number of aryl methyl sites for hydroxylation is 2. The largest absolute Gasteiger partial charge is 0.507 e. The van der Waals surface area contributed by atoms with Gasteiger partial charge in [-0.25, -0.2) is 4.98 Å². The van der Waals surface area contributed by atoms with Gasteiger partial charge >= 0.3 is 0 Å². The summed E-state index contributed by atoms with van der Waals surface area (Å²) < 4.78 is 2.20. The van der Waals surface area contributed by atoms with Crippen molar-refractivity contribution in [2.24, 2.45) is 0 Å². The quantitative estimate of drug-likeness (QED) is 0.182. The van der Waals surface area contributed by atoms with Gasteiger partial charge < -0.3 is 5.11 Å². The van der Waals surface area contributed by atoms with Crippen molar-refractivity contribution in [1.29, 1.82) is 0 Å². The first-order chi connectivity index (χ1) is 20.8. The molecule has 0 spiro atoms. The van der Waals surface area contributed by atoms with Gasteiger partial charge in [0.15, 0.2) is 0 Å². The monoisotopic (exact) mass is 773 g/mol. The molecule has 0 saturated heterocycles. The SMILES string of the molecule is Cc1cc(C)cc(-n2c(-c3ccccc3O)nc3c(-c4[c-]c(-c5cc(C(C)(C)C)ccn5)ccc4)cc(C(C)(C)C)cc32)c1.[Pt]. The number of fused-ring (bicyclic) bond motifs is 1. The third kappa shape index (κ3) is 6.40. The van der Waals surface area contributed by atoms with Gasteiger partial charge in [0, 0.05) is 38.6 Å². The van der Waals surface area contributed by atoms with Crippen molar-refractivity contribution in [1.82, 2.24) is 14.5 Å². The van der Waals surface area contributed by atoms with Gasteiger partial charge in [-0.3, -0.25) is 9.55 Å². The summed E-state index contributed by atoms with van der Waals surface area (Å²) >= 11 is 0. The number of aromatic nitrogens is 3. The second kappa shape index (κ2) is 12.1. The average Bonchev–Trinajstić information content (AvgIpc) is 3.35. The van der Waals surface area contributed by atoms with Crippen molar-refractivity contribution in [2.45, 2.75) is 66.2 Å². The maximum atomic E-state index is 11.0. The van der Waals surface area contributed by atoms with E-state index in [4.69, 9.17) is 9.97 Å². The fraction of sp³-hybridized carbons (Fsp3) is 0.250. The van der Waals surface area contributed by atoms with E-state index in [1.165, 1.54) is 22.3 Å². The van der Waals surface area contributed by atoms with Gasteiger partial charge in [-0.1, -0.05) is 83.0 Å². The van der Waals surface area contributed by atoms with E-state index in [9.17, 15) is 5.11 Å². The van der Waals surface area contributed by atoms with Gasteiger partial charge in [-0.15, -0.1) is 29.8 Å². The first kappa shape index (κ1) is 32.4. The summed E-state index contributed by atoms with van der Waals surface area (Å²) in [5.41, 5.74) is 12.0. The number of rotatable bonds is 4. The third-order valence-electron chi connectivity index (χ3n) is 8.22. The Bertz CT molecular complexity index is 2000.